The molecule has 0 aromatic heterocycles. The number of nitrogens with zero attached hydrogens (tertiary/aromatic N) is 1. The Labute approximate surface area is 92.5 Å². The van der Waals surface area contributed by atoms with E-state index in [0.29, 0.717) is 19.6 Å². The average molecular weight is 217 g/mol. The number of hydrogen-bond donors (Lipinski definition) is 0. The molecule has 0 heterocycles. The molecule has 90 valence electrons. The lowest BCUT2D eigenvalue weighted by atomic mass is 10.4. The SMILES string of the molecule is CCOCCCOCCC(=O)N(C)CC. The van der Waals surface area contributed by atoms with Crippen LogP contribution in [-0.4, -0.2) is 50.8 Å². The van der Waals surface area contributed by atoms with Gasteiger partial charge in [0.2, 0.25) is 5.91 Å². The van der Waals surface area contributed by atoms with E-state index in [1.165, 1.54) is 0 Å². The summed E-state index contributed by atoms with van der Waals surface area (Å²) in [4.78, 5) is 13.0. The number of carbonyl (C=O) groups is 1. The summed E-state index contributed by atoms with van der Waals surface area (Å²) in [7, 11) is 1.80. The highest BCUT2D eigenvalue weighted by molar-refractivity contribution is 5.75. The summed E-state index contributed by atoms with van der Waals surface area (Å²) in [6.45, 7) is 7.35. The van der Waals surface area contributed by atoms with E-state index in [0.717, 1.165) is 26.2 Å². The van der Waals surface area contributed by atoms with Crippen LogP contribution in [0.3, 0.4) is 0 Å². The van der Waals surface area contributed by atoms with E-state index in [9.17, 15) is 4.79 Å². The maximum atomic E-state index is 11.3. The van der Waals surface area contributed by atoms with Gasteiger partial charge in [0.05, 0.1) is 13.0 Å². The van der Waals surface area contributed by atoms with Crippen molar-refractivity contribution in [2.24, 2.45) is 0 Å². The Balaban J connectivity index is 3.20. The van der Waals surface area contributed by atoms with E-state index >= 15 is 0 Å². The van der Waals surface area contributed by atoms with Crippen LogP contribution in [0.1, 0.15) is 26.7 Å². The number of carbonyl (C=O) groups excluding carboxylic acids is 1. The fourth-order valence-corrected chi connectivity index (χ4v) is 1.04. The van der Waals surface area contributed by atoms with Gasteiger partial charge in [-0.25, -0.2) is 0 Å². The molecule has 0 rings (SSSR count). The van der Waals surface area contributed by atoms with Crippen LogP contribution >= 0.6 is 0 Å². The number of hydrogen-bond acceptors (Lipinski definition) is 3. The Bertz CT molecular complexity index is 162. The molecule has 4 nitrogen and oxygen atoms in total. The van der Waals surface area contributed by atoms with E-state index in [4.69, 9.17) is 9.47 Å². The third-order valence-electron chi connectivity index (χ3n) is 2.14. The van der Waals surface area contributed by atoms with E-state index in [1.54, 1.807) is 11.9 Å². The minimum Gasteiger partial charge on any atom is -0.382 e. The van der Waals surface area contributed by atoms with Gasteiger partial charge >= 0.3 is 0 Å². The first-order valence-electron chi connectivity index (χ1n) is 5.61. The van der Waals surface area contributed by atoms with Crippen molar-refractivity contribution in [1.29, 1.82) is 0 Å². The first-order valence-corrected chi connectivity index (χ1v) is 5.61. The highest BCUT2D eigenvalue weighted by atomic mass is 16.5. The largest absolute Gasteiger partial charge is 0.382 e. The molecule has 0 aliphatic carbocycles. The molecule has 0 saturated heterocycles. The molecule has 0 radical (unpaired) electrons. The number of rotatable bonds is 9. The van der Waals surface area contributed by atoms with Gasteiger partial charge < -0.3 is 14.4 Å². The fourth-order valence-electron chi connectivity index (χ4n) is 1.04. The average Bonchev–Trinajstić information content (AvgIpc) is 2.26. The second-order valence-corrected chi connectivity index (χ2v) is 3.32. The zero-order chi connectivity index (χ0) is 11.5. The van der Waals surface area contributed by atoms with Gasteiger partial charge in [0.1, 0.15) is 0 Å². The molecule has 0 spiro atoms. The maximum Gasteiger partial charge on any atom is 0.224 e. The van der Waals surface area contributed by atoms with Crippen LogP contribution in [0.25, 0.3) is 0 Å². The topological polar surface area (TPSA) is 38.8 Å². The Morgan fingerprint density at radius 1 is 1.13 bits per heavy atom. The summed E-state index contributed by atoms with van der Waals surface area (Å²) in [5.41, 5.74) is 0. The molecule has 0 atom stereocenters. The molecular formula is C11H23NO3. The highest BCUT2D eigenvalue weighted by Crippen LogP contribution is 1.92. The summed E-state index contributed by atoms with van der Waals surface area (Å²) in [5, 5.41) is 0. The second-order valence-electron chi connectivity index (χ2n) is 3.32. The van der Waals surface area contributed by atoms with E-state index in [-0.39, 0.29) is 5.91 Å². The van der Waals surface area contributed by atoms with Crippen molar-refractivity contribution in [3.8, 4) is 0 Å². The van der Waals surface area contributed by atoms with Gasteiger partial charge in [0.15, 0.2) is 0 Å². The molecule has 0 aliphatic rings. The lowest BCUT2D eigenvalue weighted by Gasteiger charge is -2.14. The first-order chi connectivity index (χ1) is 7.22. The zero-order valence-electron chi connectivity index (χ0n) is 10.1. The van der Waals surface area contributed by atoms with E-state index in [2.05, 4.69) is 0 Å². The van der Waals surface area contributed by atoms with Gasteiger partial charge in [-0.15, -0.1) is 0 Å². The van der Waals surface area contributed by atoms with E-state index in [1.807, 2.05) is 13.8 Å². The normalized spacial score (nSPS) is 10.3. The number of amides is 1. The van der Waals surface area contributed by atoms with E-state index < -0.39 is 0 Å². The minimum absolute atomic E-state index is 0.141. The van der Waals surface area contributed by atoms with Crippen molar-refractivity contribution in [1.82, 2.24) is 4.90 Å². The third-order valence-corrected chi connectivity index (χ3v) is 2.14. The van der Waals surface area contributed by atoms with Crippen molar-refractivity contribution in [2.45, 2.75) is 26.7 Å². The molecule has 0 N–H and O–H groups in total. The van der Waals surface area contributed by atoms with Crippen molar-refractivity contribution in [2.75, 3.05) is 40.0 Å². The Hall–Kier alpha value is -0.610. The lowest BCUT2D eigenvalue weighted by Crippen LogP contribution is -2.27. The molecule has 0 fully saturated rings. The molecule has 1 amide bonds. The first kappa shape index (κ1) is 14.4. The van der Waals surface area contributed by atoms with Gasteiger partial charge in [0, 0.05) is 33.4 Å². The zero-order valence-corrected chi connectivity index (χ0v) is 10.1. The van der Waals surface area contributed by atoms with Gasteiger partial charge in [-0.05, 0) is 20.3 Å². The molecule has 0 aromatic carbocycles. The molecular weight excluding hydrogens is 194 g/mol. The third kappa shape index (κ3) is 8.39. The summed E-state index contributed by atoms with van der Waals surface area (Å²) in [6, 6.07) is 0. The monoisotopic (exact) mass is 217 g/mol. The molecule has 0 aliphatic heterocycles. The maximum absolute atomic E-state index is 11.3. The van der Waals surface area contributed by atoms with Crippen LogP contribution in [-0.2, 0) is 14.3 Å². The van der Waals surface area contributed by atoms with Gasteiger partial charge in [0.25, 0.3) is 0 Å². The van der Waals surface area contributed by atoms with Crippen LogP contribution in [0.5, 0.6) is 0 Å². The van der Waals surface area contributed by atoms with Crippen molar-refractivity contribution in [3.05, 3.63) is 0 Å². The van der Waals surface area contributed by atoms with Crippen LogP contribution in [0, 0.1) is 0 Å². The molecule has 15 heavy (non-hydrogen) atoms. The van der Waals surface area contributed by atoms with Crippen molar-refractivity contribution >= 4 is 5.91 Å². The Morgan fingerprint density at radius 3 is 2.40 bits per heavy atom. The summed E-state index contributed by atoms with van der Waals surface area (Å²) in [5.74, 6) is 0.141. The predicted molar refractivity (Wildman–Crippen MR) is 59.9 cm³/mol. The van der Waals surface area contributed by atoms with Crippen LogP contribution in [0.15, 0.2) is 0 Å². The van der Waals surface area contributed by atoms with Gasteiger partial charge in [-0.1, -0.05) is 0 Å². The summed E-state index contributed by atoms with van der Waals surface area (Å²) in [6.07, 6.45) is 1.37. The highest BCUT2D eigenvalue weighted by Gasteiger charge is 2.05. The van der Waals surface area contributed by atoms with Crippen molar-refractivity contribution < 1.29 is 14.3 Å². The van der Waals surface area contributed by atoms with Crippen LogP contribution in [0.4, 0.5) is 0 Å². The second kappa shape index (κ2) is 9.93. The van der Waals surface area contributed by atoms with Crippen LogP contribution < -0.4 is 0 Å². The van der Waals surface area contributed by atoms with Gasteiger partial charge in [-0.3, -0.25) is 4.79 Å². The number of ether oxygens (including phenoxy) is 2. The summed E-state index contributed by atoms with van der Waals surface area (Å²) >= 11 is 0. The predicted octanol–water partition coefficient (Wildman–Crippen LogP) is 1.30. The fraction of sp³-hybridized carbons (Fsp3) is 0.909. The quantitative estimate of drug-likeness (QED) is 0.546. The standard InChI is InChI=1S/C11H23NO3/c1-4-12(3)11(13)7-10-15-9-6-8-14-5-2/h4-10H2,1-3H3. The Morgan fingerprint density at radius 2 is 1.80 bits per heavy atom. The molecule has 4 heteroatoms. The smallest absolute Gasteiger partial charge is 0.224 e. The van der Waals surface area contributed by atoms with Crippen LogP contribution in [0.2, 0.25) is 0 Å². The van der Waals surface area contributed by atoms with Crippen molar-refractivity contribution in [3.63, 3.8) is 0 Å². The summed E-state index contributed by atoms with van der Waals surface area (Å²) < 4.78 is 10.5. The molecule has 0 saturated carbocycles. The molecule has 0 unspecified atom stereocenters. The van der Waals surface area contributed by atoms with Gasteiger partial charge in [-0.2, -0.15) is 0 Å². The minimum atomic E-state index is 0.141. The molecule has 0 aromatic rings. The Kier molecular flexibility index (Phi) is 9.52. The molecule has 0 bridgehead atoms. The lowest BCUT2D eigenvalue weighted by molar-refractivity contribution is -0.130.